The summed E-state index contributed by atoms with van der Waals surface area (Å²) in [6, 6.07) is 0. The van der Waals surface area contributed by atoms with E-state index in [9.17, 15) is 0 Å². The molecule has 0 aromatic heterocycles. The van der Waals surface area contributed by atoms with Gasteiger partial charge in [0.05, 0.1) is 6.10 Å². The molecule has 9 heavy (non-hydrogen) atoms. The first kappa shape index (κ1) is 8.96. The molecule has 0 radical (unpaired) electrons. The molecule has 0 aromatic rings. The van der Waals surface area contributed by atoms with E-state index < -0.39 is 0 Å². The van der Waals surface area contributed by atoms with Gasteiger partial charge in [-0.2, -0.15) is 0 Å². The van der Waals surface area contributed by atoms with Gasteiger partial charge in [0.1, 0.15) is 0 Å². The zero-order chi connectivity index (χ0) is 7.28. The summed E-state index contributed by atoms with van der Waals surface area (Å²) in [5.74, 6) is 0.523. The van der Waals surface area contributed by atoms with E-state index in [1.807, 2.05) is 6.92 Å². The minimum absolute atomic E-state index is 0.116. The van der Waals surface area contributed by atoms with Crippen LogP contribution in [0.4, 0.5) is 0 Å². The molecular weight excluding hydrogens is 112 g/mol. The summed E-state index contributed by atoms with van der Waals surface area (Å²) in [7, 11) is 0. The normalized spacial score (nSPS) is 17.3. The maximum absolute atomic E-state index is 9.14. The predicted molar refractivity (Wildman–Crippen MR) is 40.4 cm³/mol. The molecule has 1 nitrogen and oxygen atoms in total. The van der Waals surface area contributed by atoms with Crippen LogP contribution >= 0.6 is 0 Å². The molecule has 0 heterocycles. The molecule has 0 amide bonds. The average Bonchev–Trinajstić information content (AvgIpc) is 1.82. The number of hydrogen-bond donors (Lipinski definition) is 1. The first-order chi connectivity index (χ1) is 4.22. The van der Waals surface area contributed by atoms with Gasteiger partial charge in [-0.05, 0) is 19.3 Å². The van der Waals surface area contributed by atoms with E-state index in [-0.39, 0.29) is 6.10 Å². The summed E-state index contributed by atoms with van der Waals surface area (Å²) in [6.45, 7) is 6.17. The fourth-order valence-electron chi connectivity index (χ4n) is 1.16. The fourth-order valence-corrected chi connectivity index (χ4v) is 1.16. The second-order valence-electron chi connectivity index (χ2n) is 2.70. The van der Waals surface area contributed by atoms with E-state index >= 15 is 0 Å². The Morgan fingerprint density at radius 3 is 2.00 bits per heavy atom. The van der Waals surface area contributed by atoms with E-state index in [4.69, 9.17) is 5.11 Å². The Labute approximate surface area is 58.1 Å². The van der Waals surface area contributed by atoms with Crippen molar-refractivity contribution < 1.29 is 5.11 Å². The summed E-state index contributed by atoms with van der Waals surface area (Å²) in [4.78, 5) is 0. The Hall–Kier alpha value is -0.0400. The molecule has 0 saturated carbocycles. The standard InChI is InChI=1S/C8H18O/c1-4-6-8(5-2)7(3)9/h7-9H,4-6H2,1-3H3/t7-,8-/m1/s1. The Bertz CT molecular complexity index is 59.6. The molecule has 0 aliphatic heterocycles. The first-order valence-electron chi connectivity index (χ1n) is 3.90. The Kier molecular flexibility index (Phi) is 4.78. The van der Waals surface area contributed by atoms with Crippen LogP contribution in [0.25, 0.3) is 0 Å². The lowest BCUT2D eigenvalue weighted by molar-refractivity contribution is 0.117. The van der Waals surface area contributed by atoms with Crippen molar-refractivity contribution in [2.45, 2.75) is 46.1 Å². The van der Waals surface area contributed by atoms with Crippen LogP contribution in [-0.4, -0.2) is 11.2 Å². The average molecular weight is 130 g/mol. The van der Waals surface area contributed by atoms with Crippen molar-refractivity contribution >= 4 is 0 Å². The molecule has 56 valence electrons. The summed E-state index contributed by atoms with van der Waals surface area (Å²) < 4.78 is 0. The number of aliphatic hydroxyl groups excluding tert-OH is 1. The third-order valence-corrected chi connectivity index (χ3v) is 1.87. The molecule has 0 rings (SSSR count). The smallest absolute Gasteiger partial charge is 0.0540 e. The largest absolute Gasteiger partial charge is 0.393 e. The van der Waals surface area contributed by atoms with Gasteiger partial charge in [-0.1, -0.05) is 26.7 Å². The van der Waals surface area contributed by atoms with Crippen molar-refractivity contribution in [3.05, 3.63) is 0 Å². The third-order valence-electron chi connectivity index (χ3n) is 1.87. The molecule has 2 atom stereocenters. The second-order valence-corrected chi connectivity index (χ2v) is 2.70. The minimum Gasteiger partial charge on any atom is -0.393 e. The lowest BCUT2D eigenvalue weighted by Gasteiger charge is -2.15. The molecule has 0 aromatic carbocycles. The maximum Gasteiger partial charge on any atom is 0.0540 e. The number of hydrogen-bond acceptors (Lipinski definition) is 1. The van der Waals surface area contributed by atoms with Gasteiger partial charge in [0.15, 0.2) is 0 Å². The molecular formula is C8H18O. The maximum atomic E-state index is 9.14. The van der Waals surface area contributed by atoms with E-state index in [0.29, 0.717) is 5.92 Å². The molecule has 1 N–H and O–H groups in total. The first-order valence-corrected chi connectivity index (χ1v) is 3.90. The molecule has 0 unspecified atom stereocenters. The monoisotopic (exact) mass is 130 g/mol. The van der Waals surface area contributed by atoms with Crippen molar-refractivity contribution in [3.8, 4) is 0 Å². The van der Waals surface area contributed by atoms with E-state index in [1.165, 1.54) is 6.42 Å². The van der Waals surface area contributed by atoms with Crippen LogP contribution < -0.4 is 0 Å². The van der Waals surface area contributed by atoms with Gasteiger partial charge < -0.3 is 5.11 Å². The summed E-state index contributed by atoms with van der Waals surface area (Å²) in [5.41, 5.74) is 0. The second kappa shape index (κ2) is 4.80. The molecule has 0 fully saturated rings. The molecule has 0 aliphatic rings. The van der Waals surface area contributed by atoms with Gasteiger partial charge in [-0.25, -0.2) is 0 Å². The number of aliphatic hydroxyl groups is 1. The van der Waals surface area contributed by atoms with Crippen LogP contribution in [0.2, 0.25) is 0 Å². The summed E-state index contributed by atoms with van der Waals surface area (Å²) >= 11 is 0. The quantitative estimate of drug-likeness (QED) is 0.618. The van der Waals surface area contributed by atoms with Gasteiger partial charge in [0.25, 0.3) is 0 Å². The van der Waals surface area contributed by atoms with E-state index in [2.05, 4.69) is 13.8 Å². The zero-order valence-electron chi connectivity index (χ0n) is 6.72. The van der Waals surface area contributed by atoms with Crippen LogP contribution in [0.1, 0.15) is 40.0 Å². The van der Waals surface area contributed by atoms with Crippen molar-refractivity contribution in [2.75, 3.05) is 0 Å². The third kappa shape index (κ3) is 3.52. The fraction of sp³-hybridized carbons (Fsp3) is 1.00. The van der Waals surface area contributed by atoms with Crippen molar-refractivity contribution in [1.29, 1.82) is 0 Å². The van der Waals surface area contributed by atoms with Gasteiger partial charge in [0.2, 0.25) is 0 Å². The van der Waals surface area contributed by atoms with Gasteiger partial charge in [0, 0.05) is 0 Å². The Morgan fingerprint density at radius 1 is 1.33 bits per heavy atom. The van der Waals surface area contributed by atoms with Crippen molar-refractivity contribution in [3.63, 3.8) is 0 Å². The van der Waals surface area contributed by atoms with Crippen LogP contribution in [0, 0.1) is 5.92 Å². The molecule has 0 saturated heterocycles. The molecule has 0 aliphatic carbocycles. The number of rotatable bonds is 4. The van der Waals surface area contributed by atoms with Crippen molar-refractivity contribution in [2.24, 2.45) is 5.92 Å². The highest BCUT2D eigenvalue weighted by atomic mass is 16.3. The highest BCUT2D eigenvalue weighted by molar-refractivity contribution is 4.61. The van der Waals surface area contributed by atoms with Crippen LogP contribution in [0.3, 0.4) is 0 Å². The predicted octanol–water partition coefficient (Wildman–Crippen LogP) is 2.19. The van der Waals surface area contributed by atoms with Crippen LogP contribution in [-0.2, 0) is 0 Å². The molecule has 1 heteroatoms. The minimum atomic E-state index is -0.116. The summed E-state index contributed by atoms with van der Waals surface area (Å²) in [5, 5.41) is 9.14. The SMILES string of the molecule is CCC[C@@H](CC)[C@@H](C)O. The molecule has 0 bridgehead atoms. The van der Waals surface area contributed by atoms with E-state index in [0.717, 1.165) is 12.8 Å². The Balaban J connectivity index is 3.41. The van der Waals surface area contributed by atoms with Crippen molar-refractivity contribution in [1.82, 2.24) is 0 Å². The zero-order valence-corrected chi connectivity index (χ0v) is 6.72. The van der Waals surface area contributed by atoms with Crippen LogP contribution in [0.5, 0.6) is 0 Å². The topological polar surface area (TPSA) is 20.2 Å². The Morgan fingerprint density at radius 2 is 1.89 bits per heavy atom. The summed E-state index contributed by atoms with van der Waals surface area (Å²) in [6.07, 6.45) is 3.33. The van der Waals surface area contributed by atoms with Gasteiger partial charge in [-0.15, -0.1) is 0 Å². The van der Waals surface area contributed by atoms with Gasteiger partial charge in [-0.3, -0.25) is 0 Å². The highest BCUT2D eigenvalue weighted by Gasteiger charge is 2.09. The lowest BCUT2D eigenvalue weighted by atomic mass is 9.96. The van der Waals surface area contributed by atoms with Gasteiger partial charge >= 0.3 is 0 Å². The van der Waals surface area contributed by atoms with Crippen LogP contribution in [0.15, 0.2) is 0 Å². The molecule has 0 spiro atoms. The lowest BCUT2D eigenvalue weighted by Crippen LogP contribution is -2.14. The highest BCUT2D eigenvalue weighted by Crippen LogP contribution is 2.14. The van der Waals surface area contributed by atoms with E-state index in [1.54, 1.807) is 0 Å².